The molecule has 0 spiro atoms. The summed E-state index contributed by atoms with van der Waals surface area (Å²) >= 11 is 0. The third kappa shape index (κ3) is 9.34. The van der Waals surface area contributed by atoms with Crippen LogP contribution in [0.15, 0.2) is 23.3 Å². The van der Waals surface area contributed by atoms with Gasteiger partial charge in [0.15, 0.2) is 25.2 Å². The van der Waals surface area contributed by atoms with Crippen LogP contribution in [0.4, 0.5) is 0 Å². The largest absolute Gasteiger partial charge is 0.396 e. The van der Waals surface area contributed by atoms with Gasteiger partial charge in [-0.15, -0.1) is 0 Å². The lowest BCUT2D eigenvalue weighted by Crippen LogP contribution is -2.68. The van der Waals surface area contributed by atoms with Crippen LogP contribution in [0.5, 0.6) is 0 Å². The van der Waals surface area contributed by atoms with Crippen molar-refractivity contribution in [2.24, 2.45) is 44.3 Å². The molecule has 4 saturated heterocycles. The Kier molecular flexibility index (Phi) is 16.7. The Hall–Kier alpha value is -1.40. The van der Waals surface area contributed by atoms with Crippen LogP contribution in [0.1, 0.15) is 107 Å². The Morgan fingerprint density at radius 3 is 1.70 bits per heavy atom. The molecule has 0 aromatic heterocycles. The van der Waals surface area contributed by atoms with Crippen molar-refractivity contribution in [2.75, 3.05) is 26.4 Å². The van der Waals surface area contributed by atoms with Gasteiger partial charge in [0.1, 0.15) is 85.5 Å². The van der Waals surface area contributed by atoms with E-state index in [-0.39, 0.29) is 35.9 Å². The Balaban J connectivity index is 1.01. The molecule has 22 nitrogen and oxygen atoms in total. The molecule has 436 valence electrons. The van der Waals surface area contributed by atoms with Crippen molar-refractivity contribution >= 4 is 0 Å². The van der Waals surface area contributed by atoms with E-state index >= 15 is 0 Å². The summed E-state index contributed by atoms with van der Waals surface area (Å²) in [5.74, 6) is -0.185. The zero-order valence-electron chi connectivity index (χ0n) is 45.0. The van der Waals surface area contributed by atoms with Gasteiger partial charge < -0.3 is 109 Å². The Morgan fingerprint density at radius 2 is 1.07 bits per heavy atom. The first-order valence-corrected chi connectivity index (χ1v) is 27.5. The second kappa shape index (κ2) is 21.4. The molecule has 9 aliphatic rings. The fraction of sp³-hybridized carbons (Fsp3) is 0.926. The summed E-state index contributed by atoms with van der Waals surface area (Å²) in [7, 11) is 0. The van der Waals surface area contributed by atoms with E-state index in [2.05, 4.69) is 46.8 Å². The van der Waals surface area contributed by atoms with E-state index in [1.165, 1.54) is 25.0 Å². The van der Waals surface area contributed by atoms with E-state index in [0.29, 0.717) is 25.7 Å². The molecule has 14 N–H and O–H groups in total. The monoisotopic (exact) mass is 1090 g/mol. The number of aliphatic hydroxyl groups excluding tert-OH is 14. The summed E-state index contributed by atoms with van der Waals surface area (Å²) in [6.45, 7) is 14.2. The summed E-state index contributed by atoms with van der Waals surface area (Å²) in [5.41, 5.74) is -0.341. The smallest absolute Gasteiger partial charge is 0.187 e. The normalized spacial score (nSPS) is 55.3. The molecule has 4 aliphatic heterocycles. The quantitative estimate of drug-likeness (QED) is 0.0975. The first-order valence-electron chi connectivity index (χ1n) is 27.5. The standard InChI is InChI=1S/C54H88O22/c1-23-33(60)36(63)39(66)45(69-23)74-42-28(20-56)72-47(41(68)38(42)65)75-43-34(61)24(2)70-48(44(43)76-46-40(67)37(64)35(62)27(19-55)71-46)73-32-12-13-50(5)29(51(32,6)21-57)11-14-52(7)30(50)10-9-25-26-17-49(3,4)15-16-54(26,22-58)31(59)18-53(25,52)8/h9-10,23-24,26-29,31-48,55-68H,11-22H2,1-8H3/t23-,24-,26+,27-,28-,29-,31+,32+,33-,34+,35-,36+,37+,38-,39+,40-,41-,42-,43+,44-,45-,46+,47+,48+,50+,51+,52-,53-,54-/m1/s1. The molecule has 29 atom stereocenters. The zero-order chi connectivity index (χ0) is 55.6. The second-order valence-corrected chi connectivity index (χ2v) is 25.8. The highest BCUT2D eigenvalue weighted by Gasteiger charge is 2.69. The van der Waals surface area contributed by atoms with Gasteiger partial charge >= 0.3 is 0 Å². The molecule has 5 aliphatic carbocycles. The van der Waals surface area contributed by atoms with Gasteiger partial charge in [0.2, 0.25) is 0 Å². The number of ether oxygens (including phenoxy) is 8. The molecule has 9 rings (SSSR count). The molecule has 22 heteroatoms. The molecular formula is C54H88O22. The first-order chi connectivity index (χ1) is 35.6. The molecule has 0 unspecified atom stereocenters. The van der Waals surface area contributed by atoms with E-state index in [9.17, 15) is 71.5 Å². The van der Waals surface area contributed by atoms with E-state index in [1.807, 2.05) is 6.92 Å². The SMILES string of the molecule is C[C@H]1O[C@@H](O[C@H]2CC[C@]3(C)C4=CC=C5[C@@H]6CC(C)(C)CC[C@]6(CO)[C@@H](O)C[C@@]5(C)[C@]4(C)CC[C@H]3[C@]2(C)CO)[C@H](O[C@@H]2O[C@H](CO)[C@@H](O)[C@H](O)[C@H]2O)[C@@H](O[C@@H]2O[C@H](CO)[C@@H](O[C@H]3O[C@H](C)[C@@H](O)[C@H](O)[C@@H]3O)[C@H](O)[C@H]2O)[C@H]1O. The lowest BCUT2D eigenvalue weighted by molar-refractivity contribution is -0.402. The topological polar surface area (TPSA) is 357 Å². The van der Waals surface area contributed by atoms with Crippen LogP contribution in [0.25, 0.3) is 0 Å². The maximum absolute atomic E-state index is 12.2. The molecule has 0 bridgehead atoms. The fourth-order valence-corrected chi connectivity index (χ4v) is 15.9. The number of allylic oxidation sites excluding steroid dienone is 4. The predicted octanol–water partition coefficient (Wildman–Crippen LogP) is -1.64. The molecule has 0 radical (unpaired) electrons. The van der Waals surface area contributed by atoms with Crippen molar-refractivity contribution in [3.63, 3.8) is 0 Å². The lowest BCUT2D eigenvalue weighted by Gasteiger charge is -2.69. The third-order valence-electron chi connectivity index (χ3n) is 21.1. The molecule has 0 aromatic carbocycles. The molecule has 76 heavy (non-hydrogen) atoms. The second-order valence-electron chi connectivity index (χ2n) is 25.8. The van der Waals surface area contributed by atoms with Gasteiger partial charge in [-0.05, 0) is 93.3 Å². The lowest BCUT2D eigenvalue weighted by atomic mass is 9.35. The van der Waals surface area contributed by atoms with Crippen LogP contribution >= 0.6 is 0 Å². The van der Waals surface area contributed by atoms with Gasteiger partial charge in [0, 0.05) is 16.2 Å². The Labute approximate surface area is 444 Å². The minimum absolute atomic E-state index is 0.00261. The van der Waals surface area contributed by atoms with Crippen molar-refractivity contribution in [1.82, 2.24) is 0 Å². The Morgan fingerprint density at radius 1 is 0.500 bits per heavy atom. The summed E-state index contributed by atoms with van der Waals surface area (Å²) in [4.78, 5) is 0. The maximum Gasteiger partial charge on any atom is 0.187 e. The summed E-state index contributed by atoms with van der Waals surface area (Å²) < 4.78 is 49.2. The van der Waals surface area contributed by atoms with Crippen LogP contribution in [0, 0.1) is 44.3 Å². The van der Waals surface area contributed by atoms with Gasteiger partial charge in [-0.25, -0.2) is 0 Å². The minimum atomic E-state index is -2.02. The average molecular weight is 1090 g/mol. The highest BCUT2D eigenvalue weighted by molar-refractivity contribution is 5.46. The van der Waals surface area contributed by atoms with Crippen molar-refractivity contribution < 1.29 is 109 Å². The van der Waals surface area contributed by atoms with Gasteiger partial charge in [0.05, 0.1) is 50.8 Å². The molecule has 0 aromatic rings. The maximum atomic E-state index is 12.2. The third-order valence-corrected chi connectivity index (χ3v) is 21.1. The number of rotatable bonds is 12. The summed E-state index contributed by atoms with van der Waals surface area (Å²) in [6, 6.07) is 0. The van der Waals surface area contributed by atoms with E-state index < -0.39 is 170 Å². The number of aliphatic hydroxyl groups is 14. The molecular weight excluding hydrogens is 1000 g/mol. The van der Waals surface area contributed by atoms with Crippen molar-refractivity contribution in [2.45, 2.75) is 242 Å². The highest BCUT2D eigenvalue weighted by atomic mass is 16.8. The van der Waals surface area contributed by atoms with Crippen molar-refractivity contribution in [3.05, 3.63) is 23.3 Å². The van der Waals surface area contributed by atoms with Crippen molar-refractivity contribution in [3.8, 4) is 0 Å². The van der Waals surface area contributed by atoms with E-state index in [1.54, 1.807) is 0 Å². The molecule has 8 fully saturated rings. The van der Waals surface area contributed by atoms with Gasteiger partial charge in [0.25, 0.3) is 0 Å². The zero-order valence-corrected chi connectivity index (χ0v) is 45.0. The number of hydrogen-bond donors (Lipinski definition) is 14. The number of hydrogen-bond acceptors (Lipinski definition) is 22. The van der Waals surface area contributed by atoms with Crippen LogP contribution in [0.3, 0.4) is 0 Å². The predicted molar refractivity (Wildman–Crippen MR) is 263 cm³/mol. The molecule has 4 saturated carbocycles. The van der Waals surface area contributed by atoms with E-state index in [0.717, 1.165) is 25.7 Å². The number of fused-ring (bicyclic) bond motifs is 7. The van der Waals surface area contributed by atoms with Crippen LogP contribution < -0.4 is 0 Å². The fourth-order valence-electron chi connectivity index (χ4n) is 15.9. The summed E-state index contributed by atoms with van der Waals surface area (Å²) in [5, 5.41) is 155. The summed E-state index contributed by atoms with van der Waals surface area (Å²) in [6.07, 6.45) is -24.8. The molecule has 4 heterocycles. The van der Waals surface area contributed by atoms with Gasteiger partial charge in [-0.1, -0.05) is 64.8 Å². The Bertz CT molecular complexity index is 2110. The minimum Gasteiger partial charge on any atom is -0.396 e. The first kappa shape index (κ1) is 59.2. The highest BCUT2D eigenvalue weighted by Crippen LogP contribution is 2.75. The van der Waals surface area contributed by atoms with Crippen LogP contribution in [-0.4, -0.2) is 233 Å². The van der Waals surface area contributed by atoms with Crippen LogP contribution in [-0.2, 0) is 37.9 Å². The van der Waals surface area contributed by atoms with E-state index in [4.69, 9.17) is 37.9 Å². The van der Waals surface area contributed by atoms with Crippen LogP contribution in [0.2, 0.25) is 0 Å². The molecule has 0 amide bonds. The average Bonchev–Trinajstić information content (AvgIpc) is 3.58. The van der Waals surface area contributed by atoms with Gasteiger partial charge in [-0.3, -0.25) is 0 Å². The van der Waals surface area contributed by atoms with Crippen molar-refractivity contribution in [1.29, 1.82) is 0 Å². The van der Waals surface area contributed by atoms with Gasteiger partial charge in [-0.2, -0.15) is 0 Å².